The number of piperidine rings is 1. The molecule has 5 rings (SSSR count). The molecule has 0 bridgehead atoms. The summed E-state index contributed by atoms with van der Waals surface area (Å²) in [6, 6.07) is 11.8. The number of rotatable bonds is 8. The van der Waals surface area contributed by atoms with Crippen LogP contribution < -0.4 is 9.46 Å². The first-order valence-corrected chi connectivity index (χ1v) is 12.8. The summed E-state index contributed by atoms with van der Waals surface area (Å²) in [6.45, 7) is 6.79. The summed E-state index contributed by atoms with van der Waals surface area (Å²) in [4.78, 5) is 15.0. The van der Waals surface area contributed by atoms with Gasteiger partial charge in [0.15, 0.2) is 0 Å². The van der Waals surface area contributed by atoms with E-state index in [1.165, 1.54) is 29.3 Å². The maximum absolute atomic E-state index is 15.0. The molecule has 1 saturated carbocycles. The summed E-state index contributed by atoms with van der Waals surface area (Å²) < 4.78 is 26.2. The van der Waals surface area contributed by atoms with Gasteiger partial charge in [0.1, 0.15) is 17.7 Å². The average molecular weight is 470 g/mol. The fraction of sp³-hybridized carbons (Fsp3) is 0.500. The molecule has 0 unspecified atom stereocenters. The highest BCUT2D eigenvalue weighted by Crippen LogP contribution is 2.45. The predicted octanol–water partition coefficient (Wildman–Crippen LogP) is 5.05. The second-order valence-corrected chi connectivity index (χ2v) is 10.5. The molecular formula is C26H32FN3O2S. The lowest BCUT2D eigenvalue weighted by Crippen LogP contribution is -2.40. The lowest BCUT2D eigenvalue weighted by Gasteiger charge is -2.33. The van der Waals surface area contributed by atoms with Gasteiger partial charge < -0.3 is 4.74 Å². The van der Waals surface area contributed by atoms with Crippen molar-refractivity contribution in [2.75, 3.05) is 26.2 Å². The highest BCUT2D eigenvalue weighted by atomic mass is 32.2. The molecule has 3 fully saturated rings. The quantitative estimate of drug-likeness (QED) is 0.548. The Morgan fingerprint density at radius 3 is 2.61 bits per heavy atom. The Kier molecular flexibility index (Phi) is 6.90. The minimum atomic E-state index is -0.511. The van der Waals surface area contributed by atoms with Crippen LogP contribution in [0.3, 0.4) is 0 Å². The molecule has 1 amide bonds. The molecule has 0 aromatic heterocycles. The first-order chi connectivity index (χ1) is 16.0. The third-order valence-corrected chi connectivity index (χ3v) is 7.63. The molecule has 1 atom stereocenters. The van der Waals surface area contributed by atoms with E-state index in [0.717, 1.165) is 70.4 Å². The van der Waals surface area contributed by atoms with Gasteiger partial charge in [-0.25, -0.2) is 8.70 Å². The van der Waals surface area contributed by atoms with Crippen molar-refractivity contribution in [1.29, 1.82) is 0 Å². The molecule has 3 aliphatic rings. The molecule has 2 saturated heterocycles. The van der Waals surface area contributed by atoms with Crippen molar-refractivity contribution < 1.29 is 13.9 Å². The molecule has 1 aliphatic carbocycles. The molecule has 2 aromatic carbocycles. The van der Waals surface area contributed by atoms with E-state index in [2.05, 4.69) is 45.1 Å². The van der Waals surface area contributed by atoms with E-state index in [1.807, 2.05) is 0 Å². The predicted molar refractivity (Wildman–Crippen MR) is 130 cm³/mol. The van der Waals surface area contributed by atoms with E-state index < -0.39 is 5.82 Å². The van der Waals surface area contributed by atoms with Gasteiger partial charge in [0.25, 0.3) is 5.91 Å². The maximum atomic E-state index is 15.0. The van der Waals surface area contributed by atoms with Crippen LogP contribution in [0, 0.1) is 12.7 Å². The summed E-state index contributed by atoms with van der Waals surface area (Å²) in [7, 11) is 0. The van der Waals surface area contributed by atoms with Gasteiger partial charge in [-0.05, 0) is 68.7 Å². The normalized spacial score (nSPS) is 21.5. The van der Waals surface area contributed by atoms with Gasteiger partial charge in [0.05, 0.1) is 5.56 Å². The van der Waals surface area contributed by atoms with Crippen molar-refractivity contribution in [1.82, 2.24) is 13.9 Å². The second-order valence-electron chi connectivity index (χ2n) is 9.55. The zero-order chi connectivity index (χ0) is 22.8. The molecule has 0 radical (unpaired) electrons. The minimum Gasteiger partial charge on any atom is -0.489 e. The molecule has 33 heavy (non-hydrogen) atoms. The van der Waals surface area contributed by atoms with E-state index >= 15 is 0 Å². The monoisotopic (exact) mass is 469 g/mol. The van der Waals surface area contributed by atoms with Gasteiger partial charge in [-0.3, -0.25) is 14.4 Å². The fourth-order valence-electron chi connectivity index (χ4n) is 4.48. The number of likely N-dealkylation sites (tertiary alicyclic amines) is 1. The van der Waals surface area contributed by atoms with E-state index in [0.29, 0.717) is 11.7 Å². The van der Waals surface area contributed by atoms with Crippen molar-refractivity contribution in [2.24, 2.45) is 0 Å². The number of halogens is 1. The first-order valence-electron chi connectivity index (χ1n) is 12.1. The summed E-state index contributed by atoms with van der Waals surface area (Å²) in [5.74, 6) is 0.0924. The number of benzene rings is 2. The number of amides is 1. The smallest absolute Gasteiger partial charge is 0.265 e. The zero-order valence-electron chi connectivity index (χ0n) is 19.2. The summed E-state index contributed by atoms with van der Waals surface area (Å²) in [5.41, 5.74) is 3.66. The van der Waals surface area contributed by atoms with Gasteiger partial charge in [-0.2, -0.15) is 0 Å². The van der Waals surface area contributed by atoms with E-state index in [4.69, 9.17) is 4.74 Å². The van der Waals surface area contributed by atoms with Crippen LogP contribution >= 0.6 is 12.1 Å². The number of hydrogen-bond acceptors (Lipinski definition) is 5. The molecule has 7 heteroatoms. The van der Waals surface area contributed by atoms with Crippen molar-refractivity contribution in [3.63, 3.8) is 0 Å². The largest absolute Gasteiger partial charge is 0.489 e. The van der Waals surface area contributed by atoms with Crippen LogP contribution in [0.4, 0.5) is 4.39 Å². The molecular weight excluding hydrogens is 437 g/mol. The third kappa shape index (κ3) is 5.70. The van der Waals surface area contributed by atoms with Crippen LogP contribution in [-0.4, -0.2) is 47.4 Å². The van der Waals surface area contributed by atoms with Gasteiger partial charge >= 0.3 is 0 Å². The lowest BCUT2D eigenvalue weighted by molar-refractivity contribution is 0.0832. The number of ether oxygens (including phenoxy) is 1. The number of hydrogen-bond donors (Lipinski definition) is 1. The van der Waals surface area contributed by atoms with Crippen molar-refractivity contribution in [3.05, 3.63) is 64.5 Å². The fourth-order valence-corrected chi connectivity index (χ4v) is 5.25. The summed E-state index contributed by atoms with van der Waals surface area (Å²) in [6.07, 6.45) is 5.32. The van der Waals surface area contributed by atoms with Crippen LogP contribution in [-0.2, 0) is 6.54 Å². The molecule has 2 aliphatic heterocycles. The van der Waals surface area contributed by atoms with E-state index in [-0.39, 0.29) is 17.6 Å². The highest BCUT2D eigenvalue weighted by Gasteiger charge is 2.31. The standard InChI is InChI=1S/C26H32FN3O2S/c1-18-5-7-19(8-6-18)16-29-11-2-4-21(17-29)32-25-15-24(27)23(14-22(25)20-9-10-20)26(31)28-33-30-12-3-13-30/h5-8,14-15,20-21H,2-4,9-13,16-17H2,1H3,(H,28,31)/t21-/m1/s1. The first kappa shape index (κ1) is 22.7. The van der Waals surface area contributed by atoms with Crippen LogP contribution in [0.5, 0.6) is 5.75 Å². The van der Waals surface area contributed by atoms with Crippen LogP contribution in [0.25, 0.3) is 0 Å². The maximum Gasteiger partial charge on any atom is 0.265 e. The van der Waals surface area contributed by atoms with Gasteiger partial charge in [-0.15, -0.1) is 0 Å². The number of aryl methyl sites for hydroxylation is 1. The molecule has 1 N–H and O–H groups in total. The summed E-state index contributed by atoms with van der Waals surface area (Å²) in [5, 5.41) is 0. The molecule has 176 valence electrons. The Morgan fingerprint density at radius 1 is 1.12 bits per heavy atom. The lowest BCUT2D eigenvalue weighted by atomic mass is 10.0. The molecule has 2 aromatic rings. The minimum absolute atomic E-state index is 0.0303. The number of nitrogens with one attached hydrogen (secondary N) is 1. The Balaban J connectivity index is 1.25. The number of nitrogens with zero attached hydrogens (tertiary/aromatic N) is 2. The second kappa shape index (κ2) is 10.0. The van der Waals surface area contributed by atoms with E-state index in [1.54, 1.807) is 6.07 Å². The van der Waals surface area contributed by atoms with Crippen LogP contribution in [0.2, 0.25) is 0 Å². The van der Waals surface area contributed by atoms with Crippen LogP contribution in [0.1, 0.15) is 65.1 Å². The number of carbonyl (C=O) groups is 1. The zero-order valence-corrected chi connectivity index (χ0v) is 20.0. The molecule has 0 spiro atoms. The van der Waals surface area contributed by atoms with Gasteiger partial charge in [0, 0.05) is 44.4 Å². The topological polar surface area (TPSA) is 44.8 Å². The third-order valence-electron chi connectivity index (χ3n) is 6.73. The highest BCUT2D eigenvalue weighted by molar-refractivity contribution is 7.95. The SMILES string of the molecule is Cc1ccc(CN2CCC[C@@H](Oc3cc(F)c(C(=O)NSN4CCC4)cc3C3CC3)C2)cc1. The van der Waals surface area contributed by atoms with Gasteiger partial charge in [-0.1, -0.05) is 29.8 Å². The average Bonchev–Trinajstić information content (AvgIpc) is 3.60. The Morgan fingerprint density at radius 2 is 1.91 bits per heavy atom. The van der Waals surface area contributed by atoms with Gasteiger partial charge in [0.2, 0.25) is 0 Å². The molecule has 2 heterocycles. The van der Waals surface area contributed by atoms with Crippen molar-refractivity contribution >= 4 is 18.0 Å². The Hall–Kier alpha value is -2.09. The van der Waals surface area contributed by atoms with Crippen LogP contribution in [0.15, 0.2) is 36.4 Å². The summed E-state index contributed by atoms with van der Waals surface area (Å²) >= 11 is 1.27. The van der Waals surface area contributed by atoms with E-state index in [9.17, 15) is 9.18 Å². The Bertz CT molecular complexity index is 992. The number of carbonyl (C=O) groups excluding carboxylic acids is 1. The van der Waals surface area contributed by atoms with Crippen molar-refractivity contribution in [3.8, 4) is 5.75 Å². The van der Waals surface area contributed by atoms with Crippen molar-refractivity contribution in [2.45, 2.75) is 57.6 Å². The molecule has 5 nitrogen and oxygen atoms in total. The Labute approximate surface area is 199 Å².